The van der Waals surface area contributed by atoms with E-state index >= 15 is 0 Å². The second kappa shape index (κ2) is 7.78. The number of methoxy groups -OCH3 is 2. The van der Waals surface area contributed by atoms with Crippen LogP contribution in [0.5, 0.6) is 11.5 Å². The molecule has 9 nitrogen and oxygen atoms in total. The van der Waals surface area contributed by atoms with Crippen LogP contribution in [0, 0.1) is 13.8 Å². The topological polar surface area (TPSA) is 100 Å². The zero-order valence-corrected chi connectivity index (χ0v) is 16.8. The fraction of sp³-hybridized carbons (Fsp3) is 0.300. The second-order valence-corrected chi connectivity index (χ2v) is 6.57. The van der Waals surface area contributed by atoms with Gasteiger partial charge in [-0.3, -0.25) is 4.98 Å². The highest BCUT2D eigenvalue weighted by Gasteiger charge is 2.16. The lowest BCUT2D eigenvalue weighted by Gasteiger charge is -2.14. The van der Waals surface area contributed by atoms with Crippen LogP contribution in [0.1, 0.15) is 23.0 Å². The van der Waals surface area contributed by atoms with Gasteiger partial charge in [0.25, 0.3) is 0 Å². The third-order valence-electron chi connectivity index (χ3n) is 4.52. The Hall–Kier alpha value is -3.62. The average Bonchev–Trinajstić information content (AvgIpc) is 3.31. The van der Waals surface area contributed by atoms with Gasteiger partial charge in [-0.15, -0.1) is 0 Å². The standard InChI is InChI=1S/C20H22N6O3/c1-12-9-14(25-29-12)10-22-20-18-15(23-13(2)24-20)6-8-26(18)11-16-19(28-4)17(27-3)5-7-21-16/h5-9H,10-11H2,1-4H3,(H,22,23,24). The molecule has 0 fully saturated rings. The van der Waals surface area contributed by atoms with Crippen molar-refractivity contribution in [1.29, 1.82) is 0 Å². The lowest BCUT2D eigenvalue weighted by Crippen LogP contribution is -2.09. The number of anilines is 1. The van der Waals surface area contributed by atoms with Crippen LogP contribution in [-0.4, -0.2) is 38.9 Å². The quantitative estimate of drug-likeness (QED) is 0.510. The molecule has 4 heterocycles. The Balaban J connectivity index is 1.71. The van der Waals surface area contributed by atoms with Crippen LogP contribution in [0.3, 0.4) is 0 Å². The van der Waals surface area contributed by atoms with Crippen molar-refractivity contribution in [2.75, 3.05) is 19.5 Å². The number of rotatable bonds is 7. The Kier molecular flexibility index (Phi) is 5.03. The molecule has 29 heavy (non-hydrogen) atoms. The van der Waals surface area contributed by atoms with Crippen molar-refractivity contribution in [3.63, 3.8) is 0 Å². The molecule has 150 valence electrons. The van der Waals surface area contributed by atoms with Gasteiger partial charge in [-0.05, 0) is 19.9 Å². The van der Waals surface area contributed by atoms with E-state index in [0.29, 0.717) is 30.4 Å². The fourth-order valence-corrected chi connectivity index (χ4v) is 3.28. The summed E-state index contributed by atoms with van der Waals surface area (Å²) in [7, 11) is 3.22. The van der Waals surface area contributed by atoms with Gasteiger partial charge in [-0.25, -0.2) is 9.97 Å². The molecule has 0 aliphatic rings. The molecule has 0 radical (unpaired) electrons. The summed E-state index contributed by atoms with van der Waals surface area (Å²) < 4.78 is 18.1. The van der Waals surface area contributed by atoms with E-state index in [1.807, 2.05) is 36.7 Å². The molecular weight excluding hydrogens is 372 g/mol. The summed E-state index contributed by atoms with van der Waals surface area (Å²) in [6, 6.07) is 5.62. The molecule has 9 heteroatoms. The maximum Gasteiger partial charge on any atom is 0.184 e. The van der Waals surface area contributed by atoms with Gasteiger partial charge in [-0.2, -0.15) is 0 Å². The van der Waals surface area contributed by atoms with Gasteiger partial charge in [0.2, 0.25) is 0 Å². The number of nitrogens with zero attached hydrogens (tertiary/aromatic N) is 5. The first-order valence-electron chi connectivity index (χ1n) is 9.14. The first kappa shape index (κ1) is 18.7. The maximum atomic E-state index is 5.52. The largest absolute Gasteiger partial charge is 0.493 e. The van der Waals surface area contributed by atoms with Gasteiger partial charge < -0.3 is 23.9 Å². The molecule has 4 aromatic rings. The highest BCUT2D eigenvalue weighted by atomic mass is 16.5. The second-order valence-electron chi connectivity index (χ2n) is 6.57. The smallest absolute Gasteiger partial charge is 0.184 e. The van der Waals surface area contributed by atoms with Crippen molar-refractivity contribution in [1.82, 2.24) is 24.7 Å². The molecule has 4 rings (SSSR count). The van der Waals surface area contributed by atoms with E-state index in [2.05, 4.69) is 25.4 Å². The summed E-state index contributed by atoms with van der Waals surface area (Å²) >= 11 is 0. The lowest BCUT2D eigenvalue weighted by atomic mass is 10.3. The zero-order chi connectivity index (χ0) is 20.4. The van der Waals surface area contributed by atoms with Gasteiger partial charge in [-0.1, -0.05) is 5.16 Å². The Morgan fingerprint density at radius 1 is 1.14 bits per heavy atom. The number of hydrogen-bond donors (Lipinski definition) is 1. The van der Waals surface area contributed by atoms with Crippen molar-refractivity contribution < 1.29 is 14.0 Å². The van der Waals surface area contributed by atoms with Crippen molar-refractivity contribution in [3.05, 3.63) is 53.6 Å². The minimum atomic E-state index is 0.480. The van der Waals surface area contributed by atoms with Crippen LogP contribution in [0.4, 0.5) is 5.82 Å². The van der Waals surface area contributed by atoms with Crippen molar-refractivity contribution in [2.45, 2.75) is 26.9 Å². The van der Waals surface area contributed by atoms with Crippen LogP contribution in [0.25, 0.3) is 11.0 Å². The van der Waals surface area contributed by atoms with E-state index in [4.69, 9.17) is 14.0 Å². The third kappa shape index (κ3) is 3.71. The number of ether oxygens (including phenoxy) is 2. The predicted molar refractivity (Wildman–Crippen MR) is 107 cm³/mol. The van der Waals surface area contributed by atoms with Crippen molar-refractivity contribution >= 4 is 16.9 Å². The highest BCUT2D eigenvalue weighted by Crippen LogP contribution is 2.31. The summed E-state index contributed by atoms with van der Waals surface area (Å²) in [5, 5.41) is 7.38. The molecule has 1 N–H and O–H groups in total. The molecule has 0 bridgehead atoms. The number of hydrogen-bond acceptors (Lipinski definition) is 8. The molecule has 0 unspecified atom stereocenters. The number of fused-ring (bicyclic) bond motifs is 1. The molecule has 4 aromatic heterocycles. The highest BCUT2D eigenvalue weighted by molar-refractivity contribution is 5.86. The summed E-state index contributed by atoms with van der Waals surface area (Å²) in [4.78, 5) is 13.6. The number of pyridine rings is 1. The minimum Gasteiger partial charge on any atom is -0.493 e. The zero-order valence-electron chi connectivity index (χ0n) is 16.8. The van der Waals surface area contributed by atoms with Crippen molar-refractivity contribution in [2.24, 2.45) is 0 Å². The predicted octanol–water partition coefficient (Wildman–Crippen LogP) is 3.11. The Labute approximate surface area is 167 Å². The summed E-state index contributed by atoms with van der Waals surface area (Å²) in [5.74, 6) is 3.43. The van der Waals surface area contributed by atoms with Gasteiger partial charge in [0, 0.05) is 24.5 Å². The van der Waals surface area contributed by atoms with Gasteiger partial charge in [0.1, 0.15) is 28.5 Å². The SMILES string of the molecule is COc1ccnc(Cn2ccc3nc(C)nc(NCc4cc(C)on4)c32)c1OC. The van der Waals surface area contributed by atoms with E-state index in [1.54, 1.807) is 26.5 Å². The lowest BCUT2D eigenvalue weighted by molar-refractivity contribution is 0.348. The summed E-state index contributed by atoms with van der Waals surface area (Å²) in [5.41, 5.74) is 3.28. The molecule has 0 saturated heterocycles. The molecule has 0 aromatic carbocycles. The monoisotopic (exact) mass is 394 g/mol. The van der Waals surface area contributed by atoms with Crippen LogP contribution >= 0.6 is 0 Å². The van der Waals surface area contributed by atoms with Gasteiger partial charge in [0.15, 0.2) is 17.3 Å². The van der Waals surface area contributed by atoms with E-state index in [1.165, 1.54) is 0 Å². The molecule has 0 aliphatic heterocycles. The van der Waals surface area contributed by atoms with E-state index < -0.39 is 0 Å². The van der Waals surface area contributed by atoms with Gasteiger partial charge in [0.05, 0.1) is 32.8 Å². The molecule has 0 saturated carbocycles. The number of aryl methyl sites for hydroxylation is 2. The minimum absolute atomic E-state index is 0.480. The normalized spacial score (nSPS) is 11.0. The summed E-state index contributed by atoms with van der Waals surface area (Å²) in [6.07, 6.45) is 3.67. The molecule has 0 atom stereocenters. The van der Waals surface area contributed by atoms with Crippen molar-refractivity contribution in [3.8, 4) is 11.5 Å². The summed E-state index contributed by atoms with van der Waals surface area (Å²) in [6.45, 7) is 4.71. The Morgan fingerprint density at radius 2 is 2.00 bits per heavy atom. The Bertz CT molecular complexity index is 1150. The Morgan fingerprint density at radius 3 is 2.72 bits per heavy atom. The van der Waals surface area contributed by atoms with Crippen LogP contribution < -0.4 is 14.8 Å². The van der Waals surface area contributed by atoms with Crippen LogP contribution in [0.15, 0.2) is 35.1 Å². The molecule has 0 spiro atoms. The van der Waals surface area contributed by atoms with E-state index in [-0.39, 0.29) is 0 Å². The molecular formula is C20H22N6O3. The van der Waals surface area contributed by atoms with Crippen LogP contribution in [0.2, 0.25) is 0 Å². The van der Waals surface area contributed by atoms with E-state index in [9.17, 15) is 0 Å². The van der Waals surface area contributed by atoms with Gasteiger partial charge >= 0.3 is 0 Å². The third-order valence-corrected chi connectivity index (χ3v) is 4.52. The van der Waals surface area contributed by atoms with E-state index in [0.717, 1.165) is 34.0 Å². The average molecular weight is 394 g/mol. The number of aromatic nitrogens is 5. The fourth-order valence-electron chi connectivity index (χ4n) is 3.28. The first-order chi connectivity index (χ1) is 14.1. The maximum absolute atomic E-state index is 5.52. The first-order valence-corrected chi connectivity index (χ1v) is 9.14. The van der Waals surface area contributed by atoms with Crippen LogP contribution in [-0.2, 0) is 13.1 Å². The number of nitrogens with one attached hydrogen (secondary N) is 1. The molecule has 0 aliphatic carbocycles. The molecule has 0 amide bonds.